The van der Waals surface area contributed by atoms with E-state index in [2.05, 4.69) is 10.3 Å². The molecule has 0 bridgehead atoms. The number of rotatable bonds is 2. The van der Waals surface area contributed by atoms with Gasteiger partial charge in [0.25, 0.3) is 5.91 Å². The third kappa shape index (κ3) is 2.68. The summed E-state index contributed by atoms with van der Waals surface area (Å²) in [6.07, 6.45) is 0.493. The molecule has 5 nitrogen and oxygen atoms in total. The van der Waals surface area contributed by atoms with E-state index in [4.69, 9.17) is 0 Å². The number of amides is 1. The summed E-state index contributed by atoms with van der Waals surface area (Å²) in [6, 6.07) is 5.72. The van der Waals surface area contributed by atoms with Gasteiger partial charge < -0.3 is 10.3 Å². The first kappa shape index (κ1) is 14.1. The number of fused-ring (bicyclic) bond motifs is 1. The van der Waals surface area contributed by atoms with Crippen LogP contribution in [0.5, 0.6) is 0 Å². The van der Waals surface area contributed by atoms with Crippen LogP contribution in [0.3, 0.4) is 0 Å². The summed E-state index contributed by atoms with van der Waals surface area (Å²) in [5, 5.41) is 3.84. The second kappa shape index (κ2) is 4.87. The molecule has 1 unspecified atom stereocenters. The van der Waals surface area contributed by atoms with Crippen molar-refractivity contribution < 1.29 is 13.2 Å². The molecular formula is C15H18N2O3S. The molecule has 6 heteroatoms. The number of aromatic amines is 1. The highest BCUT2D eigenvalue weighted by atomic mass is 32.2. The first-order valence-corrected chi connectivity index (χ1v) is 8.78. The molecular weight excluding hydrogens is 288 g/mol. The highest BCUT2D eigenvalue weighted by molar-refractivity contribution is 7.91. The predicted octanol–water partition coefficient (Wildman–Crippen LogP) is 1.70. The number of aromatic nitrogens is 1. The molecule has 0 radical (unpaired) electrons. The summed E-state index contributed by atoms with van der Waals surface area (Å²) in [6.45, 7) is 3.90. The summed E-state index contributed by atoms with van der Waals surface area (Å²) in [5.74, 6) is -0.0385. The second-order valence-corrected chi connectivity index (χ2v) is 7.98. The molecule has 1 aromatic carbocycles. The van der Waals surface area contributed by atoms with Gasteiger partial charge in [-0.15, -0.1) is 0 Å². The lowest BCUT2D eigenvalue weighted by atomic mass is 10.1. The quantitative estimate of drug-likeness (QED) is 0.886. The maximum absolute atomic E-state index is 12.3. The Morgan fingerprint density at radius 3 is 2.76 bits per heavy atom. The minimum Gasteiger partial charge on any atom is -0.350 e. The maximum Gasteiger partial charge on any atom is 0.268 e. The first-order chi connectivity index (χ1) is 9.85. The molecule has 1 aliphatic heterocycles. The van der Waals surface area contributed by atoms with E-state index in [0.717, 1.165) is 22.0 Å². The van der Waals surface area contributed by atoms with Crippen LogP contribution in [-0.4, -0.2) is 36.9 Å². The van der Waals surface area contributed by atoms with Crippen molar-refractivity contribution in [1.82, 2.24) is 10.3 Å². The van der Waals surface area contributed by atoms with E-state index >= 15 is 0 Å². The highest BCUT2D eigenvalue weighted by Gasteiger charge is 2.29. The third-order valence-corrected chi connectivity index (χ3v) is 5.78. The zero-order valence-electron chi connectivity index (χ0n) is 12.1. The lowest BCUT2D eigenvalue weighted by molar-refractivity contribution is 0.0936. The molecule has 1 amide bonds. The Bertz CT molecular complexity index is 821. The van der Waals surface area contributed by atoms with Gasteiger partial charge in [0.05, 0.1) is 11.5 Å². The fraction of sp³-hybridized carbons (Fsp3) is 0.400. The van der Waals surface area contributed by atoms with Gasteiger partial charge in [-0.2, -0.15) is 0 Å². The van der Waals surface area contributed by atoms with Crippen LogP contribution in [-0.2, 0) is 9.84 Å². The number of sulfone groups is 1. The molecule has 1 fully saturated rings. The van der Waals surface area contributed by atoms with E-state index in [-0.39, 0.29) is 23.5 Å². The van der Waals surface area contributed by atoms with Crippen molar-refractivity contribution in [2.75, 3.05) is 11.5 Å². The number of carbonyl (C=O) groups excluding carboxylic acids is 1. The van der Waals surface area contributed by atoms with E-state index < -0.39 is 9.84 Å². The van der Waals surface area contributed by atoms with Crippen LogP contribution >= 0.6 is 0 Å². The molecule has 0 aliphatic carbocycles. The third-order valence-electron chi connectivity index (χ3n) is 4.01. The van der Waals surface area contributed by atoms with Crippen molar-refractivity contribution in [2.45, 2.75) is 26.3 Å². The topological polar surface area (TPSA) is 79.0 Å². The minimum absolute atomic E-state index is 0.0388. The Kier molecular flexibility index (Phi) is 3.28. The van der Waals surface area contributed by atoms with E-state index in [9.17, 15) is 13.2 Å². The van der Waals surface area contributed by atoms with Gasteiger partial charge in [0.2, 0.25) is 0 Å². The van der Waals surface area contributed by atoms with Gasteiger partial charge in [-0.3, -0.25) is 4.79 Å². The SMILES string of the molecule is Cc1ccc2c(C)c(C(=O)NC3CCS(=O)(=O)C3)[nH]c2c1. The molecule has 1 aliphatic rings. The minimum atomic E-state index is -2.99. The van der Waals surface area contributed by atoms with Gasteiger partial charge in [0.15, 0.2) is 9.84 Å². The van der Waals surface area contributed by atoms with Crippen molar-refractivity contribution in [3.05, 3.63) is 35.0 Å². The molecule has 1 saturated heterocycles. The molecule has 2 heterocycles. The lowest BCUT2D eigenvalue weighted by Gasteiger charge is -2.10. The average Bonchev–Trinajstić information content (AvgIpc) is 2.90. The standard InChI is InChI=1S/C15H18N2O3S/c1-9-3-4-12-10(2)14(17-13(12)7-9)15(18)16-11-5-6-21(19,20)8-11/h3-4,7,11,17H,5-6,8H2,1-2H3,(H,16,18). The monoisotopic (exact) mass is 306 g/mol. The largest absolute Gasteiger partial charge is 0.350 e. The van der Waals surface area contributed by atoms with E-state index in [1.165, 1.54) is 0 Å². The Morgan fingerprint density at radius 2 is 2.10 bits per heavy atom. The van der Waals surface area contributed by atoms with E-state index in [1.54, 1.807) is 0 Å². The zero-order chi connectivity index (χ0) is 15.2. The predicted molar refractivity (Wildman–Crippen MR) is 82.3 cm³/mol. The number of aryl methyl sites for hydroxylation is 2. The highest BCUT2D eigenvalue weighted by Crippen LogP contribution is 2.23. The number of hydrogen-bond donors (Lipinski definition) is 2. The molecule has 21 heavy (non-hydrogen) atoms. The van der Waals surface area contributed by atoms with Crippen molar-refractivity contribution >= 4 is 26.6 Å². The van der Waals surface area contributed by atoms with Gasteiger partial charge in [-0.1, -0.05) is 12.1 Å². The van der Waals surface area contributed by atoms with Crippen molar-refractivity contribution in [1.29, 1.82) is 0 Å². The van der Waals surface area contributed by atoms with Crippen LogP contribution < -0.4 is 5.32 Å². The van der Waals surface area contributed by atoms with Crippen LogP contribution in [0.4, 0.5) is 0 Å². The van der Waals surface area contributed by atoms with Gasteiger partial charge in [-0.05, 0) is 37.5 Å². The summed E-state index contributed by atoms with van der Waals surface area (Å²) in [7, 11) is -2.99. The van der Waals surface area contributed by atoms with Crippen molar-refractivity contribution in [2.24, 2.45) is 0 Å². The van der Waals surface area contributed by atoms with Crippen LogP contribution in [0.25, 0.3) is 10.9 Å². The van der Waals surface area contributed by atoms with E-state index in [0.29, 0.717) is 12.1 Å². The number of hydrogen-bond acceptors (Lipinski definition) is 3. The molecule has 2 aromatic rings. The Morgan fingerprint density at radius 1 is 1.33 bits per heavy atom. The maximum atomic E-state index is 12.3. The van der Waals surface area contributed by atoms with Crippen LogP contribution in [0.1, 0.15) is 28.0 Å². The smallest absolute Gasteiger partial charge is 0.268 e. The number of nitrogens with one attached hydrogen (secondary N) is 2. The van der Waals surface area contributed by atoms with E-state index in [1.807, 2.05) is 32.0 Å². The first-order valence-electron chi connectivity index (χ1n) is 6.96. The molecule has 112 valence electrons. The summed E-state index contributed by atoms with van der Waals surface area (Å²) >= 11 is 0. The van der Waals surface area contributed by atoms with Gasteiger partial charge in [-0.25, -0.2) is 8.42 Å². The molecule has 2 N–H and O–H groups in total. The molecule has 0 saturated carbocycles. The molecule has 0 spiro atoms. The molecule has 1 atom stereocenters. The Labute approximate surface area is 123 Å². The van der Waals surface area contributed by atoms with Crippen molar-refractivity contribution in [3.8, 4) is 0 Å². The lowest BCUT2D eigenvalue weighted by Crippen LogP contribution is -2.36. The summed E-state index contributed by atoms with van der Waals surface area (Å²) in [4.78, 5) is 15.5. The fourth-order valence-corrected chi connectivity index (χ4v) is 4.52. The molecule has 3 rings (SSSR count). The Hall–Kier alpha value is -1.82. The number of benzene rings is 1. The van der Waals surface area contributed by atoms with Crippen LogP contribution in [0.15, 0.2) is 18.2 Å². The van der Waals surface area contributed by atoms with Gasteiger partial charge >= 0.3 is 0 Å². The fourth-order valence-electron chi connectivity index (χ4n) is 2.85. The van der Waals surface area contributed by atoms with Gasteiger partial charge in [0.1, 0.15) is 5.69 Å². The second-order valence-electron chi connectivity index (χ2n) is 5.75. The average molecular weight is 306 g/mol. The number of H-pyrrole nitrogens is 1. The Balaban J connectivity index is 1.87. The molecule has 1 aromatic heterocycles. The number of carbonyl (C=O) groups is 1. The van der Waals surface area contributed by atoms with Crippen LogP contribution in [0, 0.1) is 13.8 Å². The van der Waals surface area contributed by atoms with Crippen molar-refractivity contribution in [3.63, 3.8) is 0 Å². The van der Waals surface area contributed by atoms with Gasteiger partial charge in [0, 0.05) is 16.9 Å². The summed E-state index contributed by atoms with van der Waals surface area (Å²) in [5.41, 5.74) is 3.46. The summed E-state index contributed by atoms with van der Waals surface area (Å²) < 4.78 is 22.9. The van der Waals surface area contributed by atoms with Crippen LogP contribution in [0.2, 0.25) is 0 Å². The zero-order valence-corrected chi connectivity index (χ0v) is 12.9. The normalized spacial score (nSPS) is 20.8.